The summed E-state index contributed by atoms with van der Waals surface area (Å²) in [6.07, 6.45) is 8.05. The van der Waals surface area contributed by atoms with E-state index < -0.39 is 11.7 Å². The van der Waals surface area contributed by atoms with Crippen molar-refractivity contribution in [2.45, 2.75) is 37.8 Å². The van der Waals surface area contributed by atoms with Crippen molar-refractivity contribution < 1.29 is 9.18 Å². The number of aryl methyl sites for hydroxylation is 1. The van der Waals surface area contributed by atoms with Crippen LogP contribution in [-0.4, -0.2) is 42.5 Å². The van der Waals surface area contributed by atoms with Crippen molar-refractivity contribution in [3.05, 3.63) is 52.5 Å². The van der Waals surface area contributed by atoms with Crippen LogP contribution in [0.3, 0.4) is 0 Å². The fraction of sp³-hybridized carbons (Fsp3) is 0.350. The van der Waals surface area contributed by atoms with Gasteiger partial charge in [-0.3, -0.25) is 9.59 Å². The first-order valence-corrected chi connectivity index (χ1v) is 10.2. The van der Waals surface area contributed by atoms with Gasteiger partial charge in [0, 0.05) is 25.3 Å². The van der Waals surface area contributed by atoms with Crippen LogP contribution in [0.15, 0.2) is 35.5 Å². The Bertz CT molecular complexity index is 1190. The third-order valence-corrected chi connectivity index (χ3v) is 5.44. The summed E-state index contributed by atoms with van der Waals surface area (Å²) in [5.41, 5.74) is 11.7. The lowest BCUT2D eigenvalue weighted by Gasteiger charge is -2.30. The predicted octanol–water partition coefficient (Wildman–Crippen LogP) is 1.02. The number of halogens is 1. The van der Waals surface area contributed by atoms with Crippen LogP contribution in [0.4, 0.5) is 21.7 Å². The van der Waals surface area contributed by atoms with Crippen molar-refractivity contribution in [1.82, 2.24) is 24.5 Å². The van der Waals surface area contributed by atoms with E-state index in [-0.39, 0.29) is 40.5 Å². The van der Waals surface area contributed by atoms with Gasteiger partial charge in [0.1, 0.15) is 5.82 Å². The molecular formula is C20H24FN9O2. The summed E-state index contributed by atoms with van der Waals surface area (Å²) >= 11 is 0. The number of rotatable bonds is 6. The van der Waals surface area contributed by atoms with E-state index in [1.54, 1.807) is 7.05 Å². The highest BCUT2D eigenvalue weighted by molar-refractivity contribution is 5.98. The minimum absolute atomic E-state index is 0.0290. The van der Waals surface area contributed by atoms with Crippen molar-refractivity contribution in [3.63, 3.8) is 0 Å². The van der Waals surface area contributed by atoms with Crippen LogP contribution < -0.4 is 27.7 Å². The number of anilines is 3. The number of primary amides is 1. The van der Waals surface area contributed by atoms with Gasteiger partial charge >= 0.3 is 0 Å². The summed E-state index contributed by atoms with van der Waals surface area (Å²) in [7, 11) is 1.56. The van der Waals surface area contributed by atoms with Gasteiger partial charge in [0.15, 0.2) is 17.3 Å². The third-order valence-electron chi connectivity index (χ3n) is 5.44. The van der Waals surface area contributed by atoms with Gasteiger partial charge < -0.3 is 26.7 Å². The molecule has 3 aromatic rings. The van der Waals surface area contributed by atoms with Crippen LogP contribution in [0.5, 0.6) is 0 Å². The molecule has 12 heteroatoms. The molecule has 6 N–H and O–H groups in total. The summed E-state index contributed by atoms with van der Waals surface area (Å²) in [5, 5.41) is 14.0. The molecule has 1 aliphatic carbocycles. The number of nitrogens with zero attached hydrogens (tertiary/aromatic N) is 5. The second kappa shape index (κ2) is 8.75. The molecule has 0 aromatic carbocycles. The molecule has 1 fully saturated rings. The van der Waals surface area contributed by atoms with Gasteiger partial charge in [-0.15, -0.1) is 4.80 Å². The van der Waals surface area contributed by atoms with E-state index in [1.807, 2.05) is 0 Å². The summed E-state index contributed by atoms with van der Waals surface area (Å²) in [4.78, 5) is 29.9. The average molecular weight is 441 g/mol. The number of nitrogens with one attached hydrogen (secondary N) is 2. The van der Waals surface area contributed by atoms with Gasteiger partial charge in [0.05, 0.1) is 23.6 Å². The highest BCUT2D eigenvalue weighted by atomic mass is 19.1. The van der Waals surface area contributed by atoms with Crippen molar-refractivity contribution in [1.29, 1.82) is 0 Å². The Morgan fingerprint density at radius 3 is 2.59 bits per heavy atom. The molecule has 2 unspecified atom stereocenters. The number of carbonyl (C=O) groups is 1. The molecule has 0 aliphatic heterocycles. The highest BCUT2D eigenvalue weighted by Crippen LogP contribution is 2.27. The first-order valence-electron chi connectivity index (χ1n) is 10.2. The maximum Gasteiger partial charge on any atom is 0.278 e. The number of hydrogen-bond donors (Lipinski definition) is 4. The van der Waals surface area contributed by atoms with Crippen molar-refractivity contribution >= 4 is 23.2 Å². The maximum absolute atomic E-state index is 14.7. The Balaban J connectivity index is 1.71. The summed E-state index contributed by atoms with van der Waals surface area (Å²) in [6, 6.07) is 2.28. The molecule has 0 saturated heterocycles. The summed E-state index contributed by atoms with van der Waals surface area (Å²) in [6.45, 7) is 0. The molecule has 3 aromatic heterocycles. The first kappa shape index (κ1) is 21.4. The van der Waals surface area contributed by atoms with Gasteiger partial charge in [-0.2, -0.15) is 10.2 Å². The number of nitrogens with two attached hydrogens (primary N) is 2. The number of hydrogen-bond acceptors (Lipinski definition) is 8. The third kappa shape index (κ3) is 4.30. The Kier molecular flexibility index (Phi) is 5.86. The van der Waals surface area contributed by atoms with Gasteiger partial charge in [-0.05, 0) is 25.0 Å². The van der Waals surface area contributed by atoms with E-state index >= 15 is 0 Å². The minimum Gasteiger partial charge on any atom is -0.365 e. The zero-order chi connectivity index (χ0) is 22.8. The highest BCUT2D eigenvalue weighted by Gasteiger charge is 2.24. The second-order valence-electron chi connectivity index (χ2n) is 7.75. The molecular weight excluding hydrogens is 417 g/mol. The first-order chi connectivity index (χ1) is 15.3. The molecule has 32 heavy (non-hydrogen) atoms. The van der Waals surface area contributed by atoms with E-state index in [2.05, 4.69) is 25.8 Å². The summed E-state index contributed by atoms with van der Waals surface area (Å²) in [5.74, 6) is -1.54. The van der Waals surface area contributed by atoms with Crippen LogP contribution in [-0.2, 0) is 7.05 Å². The largest absolute Gasteiger partial charge is 0.365 e. The van der Waals surface area contributed by atoms with Crippen LogP contribution in [0.2, 0.25) is 0 Å². The second-order valence-corrected chi connectivity index (χ2v) is 7.75. The maximum atomic E-state index is 14.7. The van der Waals surface area contributed by atoms with Crippen molar-refractivity contribution in [3.8, 4) is 5.69 Å². The van der Waals surface area contributed by atoms with E-state index in [9.17, 15) is 14.0 Å². The molecule has 168 valence electrons. The molecule has 0 radical (unpaired) electrons. The molecule has 1 saturated carbocycles. The zero-order valence-corrected chi connectivity index (χ0v) is 17.5. The van der Waals surface area contributed by atoms with Crippen LogP contribution in [0.25, 0.3) is 5.69 Å². The Labute approximate surface area is 182 Å². The van der Waals surface area contributed by atoms with E-state index in [1.165, 1.54) is 34.0 Å². The van der Waals surface area contributed by atoms with E-state index in [0.717, 1.165) is 31.7 Å². The van der Waals surface area contributed by atoms with Gasteiger partial charge in [0.2, 0.25) is 0 Å². The SMILES string of the molecule is Cn1cc(Nc2nc(NC3CCCCC3N)c(F)cc2C(N)=O)cc(-n2nccn2)c1=O. The summed E-state index contributed by atoms with van der Waals surface area (Å²) < 4.78 is 16.0. The molecule has 4 rings (SSSR count). The Hall–Kier alpha value is -3.80. The fourth-order valence-corrected chi connectivity index (χ4v) is 3.77. The zero-order valence-electron chi connectivity index (χ0n) is 17.5. The molecule has 1 amide bonds. The predicted molar refractivity (Wildman–Crippen MR) is 116 cm³/mol. The Morgan fingerprint density at radius 2 is 1.91 bits per heavy atom. The molecule has 0 bridgehead atoms. The van der Waals surface area contributed by atoms with Gasteiger partial charge in [-0.1, -0.05) is 12.8 Å². The topological polar surface area (TPSA) is 159 Å². The number of aromatic nitrogens is 5. The van der Waals surface area contributed by atoms with Gasteiger partial charge in [-0.25, -0.2) is 9.37 Å². The monoisotopic (exact) mass is 441 g/mol. The van der Waals surface area contributed by atoms with Crippen LogP contribution in [0.1, 0.15) is 36.0 Å². The average Bonchev–Trinajstić information content (AvgIpc) is 3.28. The lowest BCUT2D eigenvalue weighted by Crippen LogP contribution is -2.43. The number of carbonyl (C=O) groups excluding carboxylic acids is 1. The van der Waals surface area contributed by atoms with E-state index in [4.69, 9.17) is 11.5 Å². The van der Waals surface area contributed by atoms with Crippen molar-refractivity contribution in [2.24, 2.45) is 18.5 Å². The normalized spacial score (nSPS) is 18.3. The lowest BCUT2D eigenvalue weighted by molar-refractivity contribution is 0.100. The number of pyridine rings is 2. The molecule has 1 aliphatic rings. The Morgan fingerprint density at radius 1 is 1.19 bits per heavy atom. The van der Waals surface area contributed by atoms with Crippen molar-refractivity contribution in [2.75, 3.05) is 10.6 Å². The fourth-order valence-electron chi connectivity index (χ4n) is 3.77. The van der Waals surface area contributed by atoms with Gasteiger partial charge in [0.25, 0.3) is 11.5 Å². The minimum atomic E-state index is -0.849. The molecule has 3 heterocycles. The van der Waals surface area contributed by atoms with Crippen LogP contribution >= 0.6 is 0 Å². The van der Waals surface area contributed by atoms with Crippen LogP contribution in [0, 0.1) is 5.82 Å². The standard InChI is InChI=1S/C20H24FN9O2/c1-29-10-11(8-16(20(29)32)30-24-6-7-25-30)26-18-12(17(23)31)9-13(21)19(28-18)27-15-5-3-2-4-14(15)22/h6-10,14-15H,2-5,22H2,1H3,(H2,23,31)(H2,26,27,28). The van der Waals surface area contributed by atoms with E-state index in [0.29, 0.717) is 5.69 Å². The molecule has 11 nitrogen and oxygen atoms in total. The molecule has 0 spiro atoms. The smallest absolute Gasteiger partial charge is 0.278 e. The molecule has 2 atom stereocenters. The quantitative estimate of drug-likeness (QED) is 0.441. The number of amides is 1. The lowest BCUT2D eigenvalue weighted by atomic mass is 9.91.